The van der Waals surface area contributed by atoms with Crippen LogP contribution in [-0.4, -0.2) is 29.4 Å². The maximum Gasteiger partial charge on any atom is 0.225 e. The molecule has 1 amide bonds. The van der Waals surface area contributed by atoms with E-state index in [2.05, 4.69) is 0 Å². The molecule has 76 valence electrons. The number of hydrogen-bond acceptors (Lipinski definition) is 2. The van der Waals surface area contributed by atoms with Gasteiger partial charge in [-0.1, -0.05) is 26.1 Å². The van der Waals surface area contributed by atoms with Crippen LogP contribution >= 0.6 is 12.2 Å². The number of amides is 1. The van der Waals surface area contributed by atoms with Gasteiger partial charge < -0.3 is 10.6 Å². The summed E-state index contributed by atoms with van der Waals surface area (Å²) in [6.45, 7) is 4.41. The first-order valence-electron chi connectivity index (χ1n) is 4.56. The quantitative estimate of drug-likeness (QED) is 0.681. The van der Waals surface area contributed by atoms with E-state index in [4.69, 9.17) is 18.0 Å². The van der Waals surface area contributed by atoms with E-state index >= 15 is 0 Å². The predicted molar refractivity (Wildman–Crippen MR) is 58.5 cm³/mol. The molecular formula is C9H18N2OS. The molecule has 3 nitrogen and oxygen atoms in total. The summed E-state index contributed by atoms with van der Waals surface area (Å²) in [5.41, 5.74) is 5.35. The second kappa shape index (κ2) is 5.91. The molecular weight excluding hydrogens is 184 g/mol. The lowest BCUT2D eigenvalue weighted by Gasteiger charge is -2.21. The van der Waals surface area contributed by atoms with Gasteiger partial charge in [0.05, 0.1) is 11.5 Å². The smallest absolute Gasteiger partial charge is 0.225 e. The average Bonchev–Trinajstić information content (AvgIpc) is 2.05. The molecule has 4 heteroatoms. The second-order valence-electron chi connectivity index (χ2n) is 3.17. The zero-order valence-electron chi connectivity index (χ0n) is 8.54. The minimum atomic E-state index is 0.111. The van der Waals surface area contributed by atoms with Gasteiger partial charge >= 0.3 is 0 Å². The van der Waals surface area contributed by atoms with Crippen LogP contribution in [-0.2, 0) is 4.79 Å². The lowest BCUT2D eigenvalue weighted by Crippen LogP contribution is -2.38. The minimum Gasteiger partial charge on any atom is -0.392 e. The fourth-order valence-corrected chi connectivity index (χ4v) is 1.45. The molecule has 0 rings (SSSR count). The van der Waals surface area contributed by atoms with Crippen LogP contribution < -0.4 is 5.73 Å². The highest BCUT2D eigenvalue weighted by atomic mass is 32.1. The molecule has 0 atom stereocenters. The van der Waals surface area contributed by atoms with Crippen molar-refractivity contribution in [3.05, 3.63) is 0 Å². The first-order chi connectivity index (χ1) is 6.02. The van der Waals surface area contributed by atoms with Gasteiger partial charge in [0.25, 0.3) is 0 Å². The van der Waals surface area contributed by atoms with Crippen LogP contribution in [0.1, 0.15) is 26.7 Å². The number of likely N-dealkylation sites (N-methyl/N-ethyl adjacent to an activating group) is 1. The van der Waals surface area contributed by atoms with Crippen LogP contribution in [0.5, 0.6) is 0 Å². The number of hydrogen-bond donors (Lipinski definition) is 1. The fraction of sp³-hybridized carbons (Fsp3) is 0.778. The Bertz CT molecular complexity index is 190. The Kier molecular flexibility index (Phi) is 5.62. The standard InChI is InChI=1S/C9H18N2OS/c1-4-7(5-2)9(12)11(3)6-8(10)13/h7H,4-6H2,1-3H3,(H2,10,13). The molecule has 0 aromatic heterocycles. The number of carbonyl (C=O) groups is 1. The van der Waals surface area contributed by atoms with Gasteiger partial charge in [-0.3, -0.25) is 4.79 Å². The third-order valence-corrected chi connectivity index (χ3v) is 2.23. The Morgan fingerprint density at radius 3 is 2.23 bits per heavy atom. The number of rotatable bonds is 5. The summed E-state index contributed by atoms with van der Waals surface area (Å²) >= 11 is 4.73. The van der Waals surface area contributed by atoms with Crippen LogP contribution in [0.25, 0.3) is 0 Å². The fourth-order valence-electron chi connectivity index (χ4n) is 1.26. The van der Waals surface area contributed by atoms with E-state index in [-0.39, 0.29) is 11.8 Å². The Morgan fingerprint density at radius 2 is 1.92 bits per heavy atom. The van der Waals surface area contributed by atoms with Crippen LogP contribution in [0.4, 0.5) is 0 Å². The summed E-state index contributed by atoms with van der Waals surface area (Å²) in [4.78, 5) is 13.6. The highest BCUT2D eigenvalue weighted by molar-refractivity contribution is 7.80. The van der Waals surface area contributed by atoms with Crippen LogP contribution in [0, 0.1) is 5.92 Å². The molecule has 0 bridgehead atoms. The zero-order chi connectivity index (χ0) is 10.4. The molecule has 2 N–H and O–H groups in total. The van der Waals surface area contributed by atoms with Gasteiger partial charge in [-0.25, -0.2) is 0 Å². The highest BCUT2D eigenvalue weighted by Gasteiger charge is 2.18. The van der Waals surface area contributed by atoms with Crippen LogP contribution in [0.2, 0.25) is 0 Å². The molecule has 0 spiro atoms. The van der Waals surface area contributed by atoms with Gasteiger partial charge in [0.15, 0.2) is 0 Å². The summed E-state index contributed by atoms with van der Waals surface area (Å²) < 4.78 is 0. The van der Waals surface area contributed by atoms with Gasteiger partial charge in [0.1, 0.15) is 0 Å². The minimum absolute atomic E-state index is 0.111. The van der Waals surface area contributed by atoms with Gasteiger partial charge in [0, 0.05) is 13.0 Å². The topological polar surface area (TPSA) is 46.3 Å². The Labute approximate surface area is 85.3 Å². The van der Waals surface area contributed by atoms with E-state index in [0.29, 0.717) is 11.5 Å². The lowest BCUT2D eigenvalue weighted by atomic mass is 10.0. The van der Waals surface area contributed by atoms with Crippen LogP contribution in [0.15, 0.2) is 0 Å². The highest BCUT2D eigenvalue weighted by Crippen LogP contribution is 2.10. The molecule has 13 heavy (non-hydrogen) atoms. The van der Waals surface area contributed by atoms with Gasteiger partial charge in [-0.05, 0) is 12.8 Å². The average molecular weight is 202 g/mol. The van der Waals surface area contributed by atoms with Gasteiger partial charge in [-0.15, -0.1) is 0 Å². The second-order valence-corrected chi connectivity index (χ2v) is 3.70. The van der Waals surface area contributed by atoms with Crippen molar-refractivity contribution in [3.63, 3.8) is 0 Å². The molecule has 0 aliphatic heterocycles. The van der Waals surface area contributed by atoms with Crippen molar-refractivity contribution in [1.29, 1.82) is 0 Å². The van der Waals surface area contributed by atoms with Crippen molar-refractivity contribution in [2.75, 3.05) is 13.6 Å². The summed E-state index contributed by atoms with van der Waals surface area (Å²) in [6, 6.07) is 0. The van der Waals surface area contributed by atoms with Gasteiger partial charge in [0.2, 0.25) is 5.91 Å². The molecule has 0 saturated carbocycles. The van der Waals surface area contributed by atoms with Crippen molar-refractivity contribution in [2.24, 2.45) is 11.7 Å². The third kappa shape index (κ3) is 4.22. The van der Waals surface area contributed by atoms with Crippen molar-refractivity contribution in [2.45, 2.75) is 26.7 Å². The van der Waals surface area contributed by atoms with Crippen molar-refractivity contribution >= 4 is 23.1 Å². The van der Waals surface area contributed by atoms with Crippen molar-refractivity contribution in [3.8, 4) is 0 Å². The molecule has 0 aliphatic carbocycles. The molecule has 0 heterocycles. The summed E-state index contributed by atoms with van der Waals surface area (Å²) in [5, 5.41) is 0. The molecule has 0 unspecified atom stereocenters. The van der Waals surface area contributed by atoms with Crippen molar-refractivity contribution in [1.82, 2.24) is 4.90 Å². The van der Waals surface area contributed by atoms with E-state index in [1.807, 2.05) is 13.8 Å². The number of thiocarbonyl (C=S) groups is 1. The Hall–Kier alpha value is -0.640. The Morgan fingerprint density at radius 1 is 1.46 bits per heavy atom. The third-order valence-electron chi connectivity index (χ3n) is 2.10. The van der Waals surface area contributed by atoms with Crippen LogP contribution in [0.3, 0.4) is 0 Å². The molecule has 0 aliphatic rings. The summed E-state index contributed by atoms with van der Waals surface area (Å²) in [5.74, 6) is 0.247. The maximum atomic E-state index is 11.7. The molecule has 0 aromatic carbocycles. The first kappa shape index (κ1) is 12.4. The SMILES string of the molecule is CCC(CC)C(=O)N(C)CC(N)=S. The lowest BCUT2D eigenvalue weighted by molar-refractivity contribution is -0.133. The number of carbonyl (C=O) groups excluding carboxylic acids is 1. The van der Waals surface area contributed by atoms with E-state index in [9.17, 15) is 4.79 Å². The Balaban J connectivity index is 4.14. The zero-order valence-corrected chi connectivity index (χ0v) is 9.36. The molecule has 0 radical (unpaired) electrons. The number of nitrogens with zero attached hydrogens (tertiary/aromatic N) is 1. The van der Waals surface area contributed by atoms with E-state index in [0.717, 1.165) is 12.8 Å². The monoisotopic (exact) mass is 202 g/mol. The normalized spacial score (nSPS) is 10.2. The predicted octanol–water partition coefficient (Wildman–Crippen LogP) is 1.17. The first-order valence-corrected chi connectivity index (χ1v) is 4.97. The largest absolute Gasteiger partial charge is 0.392 e. The van der Waals surface area contributed by atoms with E-state index < -0.39 is 0 Å². The maximum absolute atomic E-state index is 11.7. The van der Waals surface area contributed by atoms with E-state index in [1.54, 1.807) is 11.9 Å². The molecule has 0 saturated heterocycles. The summed E-state index contributed by atoms with van der Waals surface area (Å²) in [7, 11) is 1.74. The molecule has 0 aromatic rings. The number of nitrogens with two attached hydrogens (primary N) is 1. The van der Waals surface area contributed by atoms with Gasteiger partial charge in [-0.2, -0.15) is 0 Å². The molecule has 0 fully saturated rings. The van der Waals surface area contributed by atoms with Crippen molar-refractivity contribution < 1.29 is 4.79 Å². The summed E-state index contributed by atoms with van der Waals surface area (Å²) in [6.07, 6.45) is 1.74. The van der Waals surface area contributed by atoms with E-state index in [1.165, 1.54) is 0 Å².